The molecule has 0 spiro atoms. The van der Waals surface area contributed by atoms with Gasteiger partial charge in [-0.05, 0) is 17.3 Å². The summed E-state index contributed by atoms with van der Waals surface area (Å²) in [7, 11) is 0. The first kappa shape index (κ1) is 9.40. The highest BCUT2D eigenvalue weighted by Gasteiger charge is 1.86. The molecule has 0 bridgehead atoms. The highest BCUT2D eigenvalue weighted by Crippen LogP contribution is 2.02. The van der Waals surface area contributed by atoms with Crippen LogP contribution in [-0.4, -0.2) is 10.7 Å². The van der Waals surface area contributed by atoms with E-state index in [-0.39, 0.29) is 0 Å². The molecule has 9 heavy (non-hydrogen) atoms. The van der Waals surface area contributed by atoms with Gasteiger partial charge in [0.1, 0.15) is 6.29 Å². The Labute approximate surface area is 70.4 Å². The molecule has 0 heterocycles. The van der Waals surface area contributed by atoms with Gasteiger partial charge in [-0.15, -0.1) is 0 Å². The average Bonchev–Trinajstić information content (AvgIpc) is 1.89. The largest absolute Gasteiger partial charge is 0.303 e. The van der Waals surface area contributed by atoms with Crippen LogP contribution < -0.4 is 0 Å². The van der Waals surface area contributed by atoms with Gasteiger partial charge in [0.25, 0.3) is 0 Å². The van der Waals surface area contributed by atoms with Crippen molar-refractivity contribution in [1.82, 2.24) is 0 Å². The van der Waals surface area contributed by atoms with E-state index in [1.807, 2.05) is 0 Å². The second-order valence-corrected chi connectivity index (χ2v) is 3.14. The normalized spacial score (nSPS) is 9.44. The van der Waals surface area contributed by atoms with Crippen LogP contribution in [0, 0.1) is 0 Å². The fourth-order valence-electron chi connectivity index (χ4n) is 0.676. The topological polar surface area (TPSA) is 17.1 Å². The fourth-order valence-corrected chi connectivity index (χ4v) is 1.22. The highest BCUT2D eigenvalue weighted by molar-refractivity contribution is 14.1. The van der Waals surface area contributed by atoms with Gasteiger partial charge in [-0.1, -0.05) is 35.4 Å². The van der Waals surface area contributed by atoms with E-state index in [4.69, 9.17) is 0 Å². The summed E-state index contributed by atoms with van der Waals surface area (Å²) in [4.78, 5) is 9.84. The van der Waals surface area contributed by atoms with Crippen molar-refractivity contribution < 1.29 is 4.79 Å². The van der Waals surface area contributed by atoms with Crippen LogP contribution in [-0.2, 0) is 4.79 Å². The molecule has 0 saturated carbocycles. The maximum atomic E-state index is 9.84. The Balaban J connectivity index is 2.66. The lowest BCUT2D eigenvalue weighted by Crippen LogP contribution is -1.79. The molecule has 0 radical (unpaired) electrons. The molecule has 0 rings (SSSR count). The molecule has 0 aliphatic heterocycles. The number of hydrogen-bond donors (Lipinski definition) is 0. The van der Waals surface area contributed by atoms with Crippen molar-refractivity contribution >= 4 is 28.9 Å². The molecular formula is C7H13IO. The number of carbonyl (C=O) groups is 1. The number of halogens is 1. The third kappa shape index (κ3) is 8.40. The number of hydrogen-bond acceptors (Lipinski definition) is 1. The second kappa shape index (κ2) is 8.40. The van der Waals surface area contributed by atoms with Gasteiger partial charge in [-0.25, -0.2) is 0 Å². The number of aldehydes is 1. The summed E-state index contributed by atoms with van der Waals surface area (Å²) < 4.78 is 1.25. The molecule has 0 N–H and O–H groups in total. The molecule has 1 nitrogen and oxygen atoms in total. The van der Waals surface area contributed by atoms with Crippen LogP contribution in [0.4, 0.5) is 0 Å². The minimum Gasteiger partial charge on any atom is -0.303 e. The van der Waals surface area contributed by atoms with Gasteiger partial charge in [-0.3, -0.25) is 0 Å². The monoisotopic (exact) mass is 240 g/mol. The van der Waals surface area contributed by atoms with Gasteiger partial charge in [-0.2, -0.15) is 0 Å². The molecule has 2 heteroatoms. The zero-order valence-corrected chi connectivity index (χ0v) is 7.76. The van der Waals surface area contributed by atoms with Crippen LogP contribution in [0.25, 0.3) is 0 Å². The lowest BCUT2D eigenvalue weighted by Gasteiger charge is -1.92. The van der Waals surface area contributed by atoms with E-state index < -0.39 is 0 Å². The van der Waals surface area contributed by atoms with Crippen molar-refractivity contribution in [2.75, 3.05) is 4.43 Å². The maximum absolute atomic E-state index is 9.84. The number of unbranched alkanes of at least 4 members (excludes halogenated alkanes) is 4. The summed E-state index contributed by atoms with van der Waals surface area (Å²) >= 11 is 2.38. The third-order valence-electron chi connectivity index (χ3n) is 1.21. The highest BCUT2D eigenvalue weighted by atomic mass is 127. The lowest BCUT2D eigenvalue weighted by molar-refractivity contribution is -0.107. The SMILES string of the molecule is O=CCCCCCCI. The smallest absolute Gasteiger partial charge is 0.119 e. The van der Waals surface area contributed by atoms with Crippen LogP contribution >= 0.6 is 22.6 Å². The van der Waals surface area contributed by atoms with Crippen LogP contribution in [0.1, 0.15) is 32.1 Å². The average molecular weight is 240 g/mol. The van der Waals surface area contributed by atoms with Crippen LogP contribution in [0.3, 0.4) is 0 Å². The molecule has 0 saturated heterocycles. The summed E-state index contributed by atoms with van der Waals surface area (Å²) in [6.45, 7) is 0. The molecule has 0 aromatic heterocycles. The first-order chi connectivity index (χ1) is 4.41. The molecular weight excluding hydrogens is 227 g/mol. The summed E-state index contributed by atoms with van der Waals surface area (Å²) in [5.41, 5.74) is 0. The quantitative estimate of drug-likeness (QED) is 0.302. The summed E-state index contributed by atoms with van der Waals surface area (Å²) in [6.07, 6.45) is 6.66. The Morgan fingerprint density at radius 1 is 1.11 bits per heavy atom. The molecule has 0 aliphatic rings. The molecule has 0 unspecified atom stereocenters. The molecule has 0 aromatic carbocycles. The number of carbonyl (C=O) groups excluding carboxylic acids is 1. The standard InChI is InChI=1S/C7H13IO/c8-6-4-2-1-3-5-7-9/h7H,1-6H2. The van der Waals surface area contributed by atoms with E-state index in [2.05, 4.69) is 22.6 Å². The van der Waals surface area contributed by atoms with Crippen molar-refractivity contribution in [2.24, 2.45) is 0 Å². The minimum atomic E-state index is 0.751. The first-order valence-corrected chi connectivity index (χ1v) is 4.94. The Hall–Kier alpha value is 0.400. The van der Waals surface area contributed by atoms with E-state index >= 15 is 0 Å². The van der Waals surface area contributed by atoms with E-state index in [0.717, 1.165) is 19.1 Å². The van der Waals surface area contributed by atoms with Gasteiger partial charge >= 0.3 is 0 Å². The van der Waals surface area contributed by atoms with Crippen molar-refractivity contribution in [2.45, 2.75) is 32.1 Å². The predicted molar refractivity (Wildman–Crippen MR) is 48.0 cm³/mol. The molecule has 0 atom stereocenters. The fraction of sp³-hybridized carbons (Fsp3) is 0.857. The summed E-state index contributed by atoms with van der Waals surface area (Å²) in [6, 6.07) is 0. The summed E-state index contributed by atoms with van der Waals surface area (Å²) in [5.74, 6) is 0. The number of alkyl halides is 1. The lowest BCUT2D eigenvalue weighted by atomic mass is 10.2. The van der Waals surface area contributed by atoms with E-state index in [1.54, 1.807) is 0 Å². The van der Waals surface area contributed by atoms with E-state index in [0.29, 0.717) is 0 Å². The van der Waals surface area contributed by atoms with Gasteiger partial charge in [0.05, 0.1) is 0 Å². The molecule has 54 valence electrons. The third-order valence-corrected chi connectivity index (χ3v) is 1.97. The van der Waals surface area contributed by atoms with Crippen molar-refractivity contribution in [3.63, 3.8) is 0 Å². The van der Waals surface area contributed by atoms with E-state index in [1.165, 1.54) is 23.7 Å². The van der Waals surface area contributed by atoms with Crippen LogP contribution in [0.5, 0.6) is 0 Å². The minimum absolute atomic E-state index is 0.751. The second-order valence-electron chi connectivity index (χ2n) is 2.06. The van der Waals surface area contributed by atoms with Gasteiger partial charge in [0, 0.05) is 6.42 Å². The van der Waals surface area contributed by atoms with Gasteiger partial charge < -0.3 is 4.79 Å². The van der Waals surface area contributed by atoms with Crippen LogP contribution in [0.15, 0.2) is 0 Å². The summed E-state index contributed by atoms with van der Waals surface area (Å²) in [5, 5.41) is 0. The van der Waals surface area contributed by atoms with Crippen LogP contribution in [0.2, 0.25) is 0 Å². The van der Waals surface area contributed by atoms with E-state index in [9.17, 15) is 4.79 Å². The van der Waals surface area contributed by atoms with Crippen molar-refractivity contribution in [3.05, 3.63) is 0 Å². The Morgan fingerprint density at radius 2 is 1.78 bits per heavy atom. The predicted octanol–water partition coefficient (Wildman–Crippen LogP) is 2.57. The number of rotatable bonds is 6. The maximum Gasteiger partial charge on any atom is 0.119 e. The molecule has 0 aromatic rings. The molecule has 0 amide bonds. The Kier molecular flexibility index (Phi) is 8.77. The molecule has 0 aliphatic carbocycles. The zero-order chi connectivity index (χ0) is 6.95. The Morgan fingerprint density at radius 3 is 2.33 bits per heavy atom. The Bertz CT molecular complexity index is 63.9. The van der Waals surface area contributed by atoms with Gasteiger partial charge in [0.2, 0.25) is 0 Å². The zero-order valence-electron chi connectivity index (χ0n) is 5.61. The van der Waals surface area contributed by atoms with Crippen molar-refractivity contribution in [3.8, 4) is 0 Å². The van der Waals surface area contributed by atoms with Crippen molar-refractivity contribution in [1.29, 1.82) is 0 Å². The molecule has 0 fully saturated rings. The van der Waals surface area contributed by atoms with Gasteiger partial charge in [0.15, 0.2) is 0 Å². The first-order valence-electron chi connectivity index (χ1n) is 3.41.